The summed E-state index contributed by atoms with van der Waals surface area (Å²) >= 11 is 0. The maximum atomic E-state index is 13.5. The van der Waals surface area contributed by atoms with E-state index in [1.165, 1.54) is 18.2 Å². The van der Waals surface area contributed by atoms with Gasteiger partial charge in [0.1, 0.15) is 5.82 Å². The number of hydrogen-bond donors (Lipinski definition) is 2. The highest BCUT2D eigenvalue weighted by Crippen LogP contribution is 2.15. The molecule has 1 unspecified atom stereocenters. The molecule has 1 atom stereocenters. The number of hydrogen-bond acceptors (Lipinski definition) is 3. The van der Waals surface area contributed by atoms with Gasteiger partial charge in [-0.1, -0.05) is 48.5 Å². The Kier molecular flexibility index (Phi) is 5.65. The molecular weight excluding hydrogens is 305 g/mol. The van der Waals surface area contributed by atoms with E-state index in [1.807, 2.05) is 6.07 Å². The van der Waals surface area contributed by atoms with Gasteiger partial charge in [0, 0.05) is 12.1 Å². The van der Waals surface area contributed by atoms with Gasteiger partial charge in [0.15, 0.2) is 0 Å². The highest BCUT2D eigenvalue weighted by Gasteiger charge is 2.15. The first-order chi connectivity index (χ1) is 10.5. The summed E-state index contributed by atoms with van der Waals surface area (Å²) in [5.41, 5.74) is 0.856. The van der Waals surface area contributed by atoms with Crippen molar-refractivity contribution in [2.24, 2.45) is 0 Å². The fraction of sp³-hybridized carbons (Fsp3) is 0.250. The summed E-state index contributed by atoms with van der Waals surface area (Å²) in [6.45, 7) is 0.0901. The molecule has 0 spiro atoms. The number of aliphatic hydroxyl groups is 1. The molecular formula is C16H18FNO3S. The van der Waals surface area contributed by atoms with Gasteiger partial charge in [-0.25, -0.2) is 17.5 Å². The van der Waals surface area contributed by atoms with Gasteiger partial charge in [-0.2, -0.15) is 0 Å². The maximum Gasteiger partial charge on any atom is 0.215 e. The van der Waals surface area contributed by atoms with Crippen LogP contribution in [0.2, 0.25) is 0 Å². The second-order valence-electron chi connectivity index (χ2n) is 4.96. The minimum Gasteiger partial charge on any atom is -0.388 e. The standard InChI is InChI=1S/C16H18FNO3S/c17-15-9-5-4-8-14(15)12-22(20,21)18-11-10-16(19)13-6-2-1-3-7-13/h1-9,16,18-19H,10-12H2. The van der Waals surface area contributed by atoms with E-state index in [0.29, 0.717) is 0 Å². The summed E-state index contributed by atoms with van der Waals surface area (Å²) in [6.07, 6.45) is -0.488. The van der Waals surface area contributed by atoms with Crippen molar-refractivity contribution in [1.82, 2.24) is 4.72 Å². The van der Waals surface area contributed by atoms with Gasteiger partial charge >= 0.3 is 0 Å². The van der Waals surface area contributed by atoms with Crippen LogP contribution in [0.1, 0.15) is 23.7 Å². The molecule has 0 heterocycles. The molecule has 0 aliphatic carbocycles. The lowest BCUT2D eigenvalue weighted by atomic mass is 10.1. The Morgan fingerprint density at radius 1 is 1.05 bits per heavy atom. The molecule has 2 N–H and O–H groups in total. The van der Waals surface area contributed by atoms with Crippen molar-refractivity contribution in [1.29, 1.82) is 0 Å². The zero-order chi connectivity index (χ0) is 16.0. The van der Waals surface area contributed by atoms with Gasteiger partial charge in [0.05, 0.1) is 11.9 Å². The number of rotatable bonds is 7. The van der Waals surface area contributed by atoms with Crippen molar-refractivity contribution in [3.63, 3.8) is 0 Å². The fourth-order valence-corrected chi connectivity index (χ4v) is 3.24. The van der Waals surface area contributed by atoms with Crippen molar-refractivity contribution in [3.05, 3.63) is 71.5 Å². The summed E-state index contributed by atoms with van der Waals surface area (Å²) in [4.78, 5) is 0. The van der Waals surface area contributed by atoms with E-state index >= 15 is 0 Å². The summed E-state index contributed by atoms with van der Waals surface area (Å²) < 4.78 is 39.7. The van der Waals surface area contributed by atoms with E-state index in [1.54, 1.807) is 30.3 Å². The van der Waals surface area contributed by atoms with Crippen LogP contribution in [0.25, 0.3) is 0 Å². The highest BCUT2D eigenvalue weighted by molar-refractivity contribution is 7.88. The van der Waals surface area contributed by atoms with E-state index in [4.69, 9.17) is 0 Å². The molecule has 0 aromatic heterocycles. The minimum atomic E-state index is -3.64. The van der Waals surface area contributed by atoms with Crippen molar-refractivity contribution in [2.45, 2.75) is 18.3 Å². The van der Waals surface area contributed by atoms with Gasteiger partial charge in [-0.05, 0) is 18.1 Å². The zero-order valence-electron chi connectivity index (χ0n) is 11.9. The predicted octanol–water partition coefficient (Wildman–Crippen LogP) is 2.37. The third kappa shape index (κ3) is 4.91. The first-order valence-corrected chi connectivity index (χ1v) is 8.57. The van der Waals surface area contributed by atoms with Gasteiger partial charge in [0.25, 0.3) is 0 Å². The molecule has 0 fully saturated rings. The largest absolute Gasteiger partial charge is 0.388 e. The third-order valence-electron chi connectivity index (χ3n) is 3.23. The highest BCUT2D eigenvalue weighted by atomic mass is 32.2. The average Bonchev–Trinajstić information content (AvgIpc) is 2.50. The number of benzene rings is 2. The first kappa shape index (κ1) is 16.6. The third-order valence-corrected chi connectivity index (χ3v) is 4.56. The van der Waals surface area contributed by atoms with Crippen LogP contribution < -0.4 is 4.72 Å². The molecule has 2 rings (SSSR count). The Balaban J connectivity index is 1.87. The molecule has 0 saturated heterocycles. The van der Waals surface area contributed by atoms with E-state index in [0.717, 1.165) is 5.56 Å². The molecule has 2 aromatic carbocycles. The smallest absolute Gasteiger partial charge is 0.215 e. The molecule has 118 valence electrons. The summed E-state index contributed by atoms with van der Waals surface area (Å²) in [6, 6.07) is 14.8. The van der Waals surface area contributed by atoms with Crippen LogP contribution in [0.4, 0.5) is 4.39 Å². The van der Waals surface area contributed by atoms with Gasteiger partial charge < -0.3 is 5.11 Å². The SMILES string of the molecule is O=S(=O)(Cc1ccccc1F)NCCC(O)c1ccccc1. The second-order valence-corrected chi connectivity index (χ2v) is 6.77. The number of aliphatic hydroxyl groups excluding tert-OH is 1. The molecule has 0 saturated carbocycles. The predicted molar refractivity (Wildman–Crippen MR) is 83.0 cm³/mol. The molecule has 6 heteroatoms. The van der Waals surface area contributed by atoms with Crippen LogP contribution in [0.15, 0.2) is 54.6 Å². The maximum absolute atomic E-state index is 13.5. The molecule has 2 aromatic rings. The van der Waals surface area contributed by atoms with Crippen LogP contribution in [-0.4, -0.2) is 20.1 Å². The molecule has 0 radical (unpaired) electrons. The Labute approximate surface area is 129 Å². The van der Waals surface area contributed by atoms with Crippen molar-refractivity contribution in [2.75, 3.05) is 6.54 Å². The monoisotopic (exact) mass is 323 g/mol. The summed E-state index contributed by atoms with van der Waals surface area (Å²) in [7, 11) is -3.64. The summed E-state index contributed by atoms with van der Waals surface area (Å²) in [5.74, 6) is -0.960. The van der Waals surface area contributed by atoms with Crippen molar-refractivity contribution >= 4 is 10.0 Å². The lowest BCUT2D eigenvalue weighted by Crippen LogP contribution is -2.27. The van der Waals surface area contributed by atoms with Gasteiger partial charge in [-0.3, -0.25) is 0 Å². The Hall–Kier alpha value is -1.76. The molecule has 22 heavy (non-hydrogen) atoms. The molecule has 0 aliphatic rings. The molecule has 0 bridgehead atoms. The van der Waals surface area contributed by atoms with E-state index in [9.17, 15) is 17.9 Å². The molecule has 0 amide bonds. The lowest BCUT2D eigenvalue weighted by Gasteiger charge is -2.12. The average molecular weight is 323 g/mol. The van der Waals surface area contributed by atoms with Crippen LogP contribution >= 0.6 is 0 Å². The van der Waals surface area contributed by atoms with Crippen LogP contribution in [0.5, 0.6) is 0 Å². The van der Waals surface area contributed by atoms with E-state index < -0.39 is 27.7 Å². The minimum absolute atomic E-state index is 0.0901. The Morgan fingerprint density at radius 3 is 2.36 bits per heavy atom. The van der Waals surface area contributed by atoms with Crippen molar-refractivity contribution in [3.8, 4) is 0 Å². The van der Waals surface area contributed by atoms with Gasteiger partial charge in [0.2, 0.25) is 10.0 Å². The van der Waals surface area contributed by atoms with Crippen molar-refractivity contribution < 1.29 is 17.9 Å². The topological polar surface area (TPSA) is 66.4 Å². The molecule has 0 aliphatic heterocycles. The Bertz CT molecular complexity index is 704. The Morgan fingerprint density at radius 2 is 1.68 bits per heavy atom. The summed E-state index contributed by atoms with van der Waals surface area (Å²) in [5, 5.41) is 9.96. The number of nitrogens with one attached hydrogen (secondary N) is 1. The normalized spacial score (nSPS) is 13.0. The van der Waals surface area contributed by atoms with Crippen LogP contribution in [0.3, 0.4) is 0 Å². The first-order valence-electron chi connectivity index (χ1n) is 6.92. The van der Waals surface area contributed by atoms with E-state index in [-0.39, 0.29) is 18.5 Å². The second kappa shape index (κ2) is 7.49. The quantitative estimate of drug-likeness (QED) is 0.822. The number of sulfonamides is 1. The number of halogens is 1. The van der Waals surface area contributed by atoms with Gasteiger partial charge in [-0.15, -0.1) is 0 Å². The van der Waals surface area contributed by atoms with Crippen LogP contribution in [0, 0.1) is 5.82 Å². The van der Waals surface area contributed by atoms with Crippen LogP contribution in [-0.2, 0) is 15.8 Å². The van der Waals surface area contributed by atoms with E-state index in [2.05, 4.69) is 4.72 Å². The molecule has 4 nitrogen and oxygen atoms in total. The lowest BCUT2D eigenvalue weighted by molar-refractivity contribution is 0.169. The zero-order valence-corrected chi connectivity index (χ0v) is 12.8. The fourth-order valence-electron chi connectivity index (χ4n) is 2.06.